The fraction of sp³-hybridized carbons (Fsp3) is 0.765. The summed E-state index contributed by atoms with van der Waals surface area (Å²) < 4.78 is 2.13. The average molecular weight is 304 g/mol. The highest BCUT2D eigenvalue weighted by atomic mass is 16.2. The monoisotopic (exact) mass is 304 g/mol. The molecular weight excluding hydrogens is 276 g/mol. The number of carbonyl (C=O) groups excluding carboxylic acids is 1. The second-order valence-corrected chi connectivity index (χ2v) is 6.82. The van der Waals surface area contributed by atoms with E-state index in [4.69, 9.17) is 0 Å². The van der Waals surface area contributed by atoms with E-state index in [9.17, 15) is 4.79 Å². The van der Waals surface area contributed by atoms with Crippen molar-refractivity contribution in [3.8, 4) is 0 Å². The Balaban J connectivity index is 1.59. The highest BCUT2D eigenvalue weighted by molar-refractivity contribution is 5.74. The van der Waals surface area contributed by atoms with Gasteiger partial charge in [-0.1, -0.05) is 26.7 Å². The summed E-state index contributed by atoms with van der Waals surface area (Å²) in [7, 11) is 0. The van der Waals surface area contributed by atoms with Crippen LogP contribution in [-0.2, 0) is 6.54 Å². The zero-order valence-electron chi connectivity index (χ0n) is 13.8. The highest BCUT2D eigenvalue weighted by Crippen LogP contribution is 2.38. The van der Waals surface area contributed by atoms with E-state index in [1.165, 1.54) is 19.3 Å². The summed E-state index contributed by atoms with van der Waals surface area (Å²) >= 11 is 0. The van der Waals surface area contributed by atoms with Crippen molar-refractivity contribution in [2.45, 2.75) is 65.0 Å². The van der Waals surface area contributed by atoms with Crippen LogP contribution in [0, 0.1) is 5.41 Å². The number of nitrogens with one attached hydrogen (secondary N) is 1. The van der Waals surface area contributed by atoms with Gasteiger partial charge in [-0.15, -0.1) is 0 Å². The fourth-order valence-electron chi connectivity index (χ4n) is 4.01. The van der Waals surface area contributed by atoms with E-state index in [1.807, 2.05) is 17.3 Å². The quantitative estimate of drug-likeness (QED) is 0.931. The van der Waals surface area contributed by atoms with Gasteiger partial charge in [0, 0.05) is 32.0 Å². The number of likely N-dealkylation sites (tertiary alicyclic amines) is 1. The molecule has 2 aliphatic heterocycles. The minimum absolute atomic E-state index is 0.0767. The molecule has 5 nitrogen and oxygen atoms in total. The van der Waals surface area contributed by atoms with Crippen molar-refractivity contribution in [2.75, 3.05) is 13.1 Å². The van der Waals surface area contributed by atoms with Gasteiger partial charge in [0.15, 0.2) is 0 Å². The van der Waals surface area contributed by atoms with Crippen LogP contribution in [0.15, 0.2) is 12.4 Å². The van der Waals surface area contributed by atoms with Crippen molar-refractivity contribution in [1.82, 2.24) is 19.8 Å². The molecule has 0 aliphatic carbocycles. The largest absolute Gasteiger partial charge is 0.333 e. The van der Waals surface area contributed by atoms with Crippen molar-refractivity contribution in [2.24, 2.45) is 5.41 Å². The van der Waals surface area contributed by atoms with Crippen LogP contribution < -0.4 is 5.32 Å². The number of carbonyl (C=O) groups is 1. The summed E-state index contributed by atoms with van der Waals surface area (Å²) in [6.45, 7) is 7.30. The Morgan fingerprint density at radius 3 is 2.91 bits per heavy atom. The number of hydrogen-bond acceptors (Lipinski definition) is 2. The Bertz CT molecular complexity index is 520. The Hall–Kier alpha value is -1.52. The molecule has 5 heteroatoms. The van der Waals surface area contributed by atoms with Gasteiger partial charge in [-0.3, -0.25) is 0 Å². The summed E-state index contributed by atoms with van der Waals surface area (Å²) in [5, 5.41) is 3.19. The topological polar surface area (TPSA) is 50.2 Å². The molecule has 0 spiro atoms. The van der Waals surface area contributed by atoms with Crippen LogP contribution in [0.3, 0.4) is 0 Å². The van der Waals surface area contributed by atoms with Crippen LogP contribution >= 0.6 is 0 Å². The van der Waals surface area contributed by atoms with E-state index in [2.05, 4.69) is 28.7 Å². The van der Waals surface area contributed by atoms with Crippen molar-refractivity contribution >= 4 is 6.03 Å². The molecule has 1 atom stereocenters. The van der Waals surface area contributed by atoms with Crippen LogP contribution in [0.4, 0.5) is 4.79 Å². The molecule has 0 radical (unpaired) electrons. The van der Waals surface area contributed by atoms with Gasteiger partial charge in [-0.05, 0) is 31.1 Å². The number of aryl methyl sites for hydroxylation is 1. The third-order valence-electron chi connectivity index (χ3n) is 5.85. The Morgan fingerprint density at radius 1 is 1.32 bits per heavy atom. The van der Waals surface area contributed by atoms with Crippen molar-refractivity contribution in [3.63, 3.8) is 0 Å². The Kier molecular flexibility index (Phi) is 4.41. The van der Waals surface area contributed by atoms with Crippen molar-refractivity contribution in [1.29, 1.82) is 0 Å². The predicted molar refractivity (Wildman–Crippen MR) is 86.6 cm³/mol. The molecule has 1 fully saturated rings. The van der Waals surface area contributed by atoms with Gasteiger partial charge in [0.1, 0.15) is 5.82 Å². The van der Waals surface area contributed by atoms with Gasteiger partial charge < -0.3 is 14.8 Å². The third-order valence-corrected chi connectivity index (χ3v) is 5.85. The first-order valence-electron chi connectivity index (χ1n) is 8.74. The fourth-order valence-corrected chi connectivity index (χ4v) is 4.01. The lowest BCUT2D eigenvalue weighted by molar-refractivity contribution is 0.187. The molecule has 22 heavy (non-hydrogen) atoms. The zero-order chi connectivity index (χ0) is 15.6. The van der Waals surface area contributed by atoms with Crippen LogP contribution in [-0.4, -0.2) is 33.6 Å². The summed E-state index contributed by atoms with van der Waals surface area (Å²) in [4.78, 5) is 19.0. The molecule has 1 aromatic rings. The number of urea groups is 1. The lowest BCUT2D eigenvalue weighted by atomic mass is 9.76. The minimum atomic E-state index is 0.0767. The number of amides is 2. The van der Waals surface area contributed by atoms with Gasteiger partial charge in [0.2, 0.25) is 0 Å². The number of imidazole rings is 1. The van der Waals surface area contributed by atoms with Gasteiger partial charge in [-0.25, -0.2) is 9.78 Å². The third kappa shape index (κ3) is 2.85. The first kappa shape index (κ1) is 15.4. The smallest absolute Gasteiger partial charge is 0.317 e. The molecule has 0 aromatic carbocycles. The van der Waals surface area contributed by atoms with E-state index in [1.54, 1.807) is 0 Å². The molecule has 3 rings (SSSR count). The first-order valence-corrected chi connectivity index (χ1v) is 8.74. The van der Waals surface area contributed by atoms with E-state index in [0.29, 0.717) is 5.41 Å². The van der Waals surface area contributed by atoms with E-state index < -0.39 is 0 Å². The maximum atomic E-state index is 12.6. The number of aromatic nitrogens is 2. The molecule has 1 saturated heterocycles. The molecule has 3 heterocycles. The molecule has 1 unspecified atom stereocenters. The predicted octanol–water partition coefficient (Wildman–Crippen LogP) is 3.33. The van der Waals surface area contributed by atoms with Crippen LogP contribution in [0.1, 0.15) is 64.2 Å². The summed E-state index contributed by atoms with van der Waals surface area (Å²) in [5.74, 6) is 1.000. The van der Waals surface area contributed by atoms with E-state index in [-0.39, 0.29) is 12.1 Å². The first-order chi connectivity index (χ1) is 10.7. The maximum Gasteiger partial charge on any atom is 0.317 e. The van der Waals surface area contributed by atoms with Crippen molar-refractivity contribution in [3.05, 3.63) is 18.2 Å². The summed E-state index contributed by atoms with van der Waals surface area (Å²) in [5.41, 5.74) is 0.443. The maximum absolute atomic E-state index is 12.6. The van der Waals surface area contributed by atoms with Crippen molar-refractivity contribution < 1.29 is 4.79 Å². The Labute approximate surface area is 133 Å². The second kappa shape index (κ2) is 6.31. The van der Waals surface area contributed by atoms with Gasteiger partial charge in [-0.2, -0.15) is 0 Å². The number of nitrogens with zero attached hydrogens (tertiary/aromatic N) is 3. The average Bonchev–Trinajstić information content (AvgIpc) is 3.07. The zero-order valence-corrected chi connectivity index (χ0v) is 13.8. The van der Waals surface area contributed by atoms with Gasteiger partial charge >= 0.3 is 6.03 Å². The normalized spacial score (nSPS) is 23.9. The molecule has 0 saturated carbocycles. The van der Waals surface area contributed by atoms with Gasteiger partial charge in [0.05, 0.1) is 6.04 Å². The molecule has 122 valence electrons. The number of rotatable bonds is 3. The molecule has 0 bridgehead atoms. The summed E-state index contributed by atoms with van der Waals surface area (Å²) in [6, 6.07) is 0.164. The second-order valence-electron chi connectivity index (χ2n) is 6.82. The standard InChI is InChI=1S/C17H28N4O/c1-3-17(4-2)7-5-10-21(12-8-17)16(22)19-14-6-11-20-13-9-18-15(14)20/h9,13-14H,3-8,10-12H2,1-2H3,(H,19,22). The molecule has 1 N–H and O–H groups in total. The van der Waals surface area contributed by atoms with Gasteiger partial charge in [0.25, 0.3) is 0 Å². The number of hydrogen-bond donors (Lipinski definition) is 1. The SMILES string of the molecule is CCC1(CC)CCCN(C(=O)NC2CCn3ccnc32)CC1. The summed E-state index contributed by atoms with van der Waals surface area (Å²) in [6.07, 6.45) is 10.7. The molecule has 2 amide bonds. The minimum Gasteiger partial charge on any atom is -0.333 e. The van der Waals surface area contributed by atoms with Crippen LogP contribution in [0.2, 0.25) is 0 Å². The van der Waals surface area contributed by atoms with Crippen LogP contribution in [0.25, 0.3) is 0 Å². The lowest BCUT2D eigenvalue weighted by Gasteiger charge is -2.30. The molecule has 1 aromatic heterocycles. The molecular formula is C17H28N4O. The highest BCUT2D eigenvalue weighted by Gasteiger charge is 2.32. The van der Waals surface area contributed by atoms with E-state index in [0.717, 1.165) is 44.7 Å². The Morgan fingerprint density at radius 2 is 2.14 bits per heavy atom. The number of fused-ring (bicyclic) bond motifs is 1. The van der Waals surface area contributed by atoms with E-state index >= 15 is 0 Å². The van der Waals surface area contributed by atoms with Crippen LogP contribution in [0.5, 0.6) is 0 Å². The molecule has 2 aliphatic rings. The lowest BCUT2D eigenvalue weighted by Crippen LogP contribution is -2.42.